The van der Waals surface area contributed by atoms with Gasteiger partial charge in [0.2, 0.25) is 16.0 Å². The lowest BCUT2D eigenvalue weighted by Crippen LogP contribution is -2.49. The first-order valence-electron chi connectivity index (χ1n) is 11.4. The van der Waals surface area contributed by atoms with Crippen LogP contribution in [0.2, 0.25) is 0 Å². The minimum Gasteiger partial charge on any atom is -0.497 e. The van der Waals surface area contributed by atoms with E-state index in [2.05, 4.69) is 38.2 Å². The van der Waals surface area contributed by atoms with E-state index in [1.807, 2.05) is 23.1 Å². The third-order valence-electron chi connectivity index (χ3n) is 5.87. The van der Waals surface area contributed by atoms with Crippen molar-refractivity contribution in [1.82, 2.24) is 14.3 Å². The molecule has 0 bridgehead atoms. The fraction of sp³-hybridized carbons (Fsp3) is 0.360. The number of anilines is 3. The molecule has 0 atom stereocenters. The van der Waals surface area contributed by atoms with Gasteiger partial charge in [-0.1, -0.05) is 31.5 Å². The van der Waals surface area contributed by atoms with Gasteiger partial charge in [0.05, 0.1) is 17.7 Å². The zero-order valence-electron chi connectivity index (χ0n) is 20.0. The van der Waals surface area contributed by atoms with Crippen LogP contribution in [0.25, 0.3) is 0 Å². The number of hydrogen-bond acceptors (Lipinski definition) is 7. The number of ether oxygens (including phenoxy) is 1. The maximum atomic E-state index is 13.1. The van der Waals surface area contributed by atoms with Crippen molar-refractivity contribution in [2.45, 2.75) is 31.6 Å². The maximum Gasteiger partial charge on any atom is 0.243 e. The Morgan fingerprint density at radius 2 is 1.59 bits per heavy atom. The van der Waals surface area contributed by atoms with Crippen LogP contribution < -0.4 is 15.0 Å². The SMILES string of the molecule is COc1ccc(S(=O)(=O)N2CCN(c3nc(Nc4ccc(C)cc4)cc(C(C)C)n3)CC2)cc1. The summed E-state index contributed by atoms with van der Waals surface area (Å²) >= 11 is 0. The summed E-state index contributed by atoms with van der Waals surface area (Å²) < 4.78 is 32.8. The number of piperazine rings is 1. The first-order chi connectivity index (χ1) is 16.3. The zero-order valence-corrected chi connectivity index (χ0v) is 20.8. The van der Waals surface area contributed by atoms with Crippen molar-refractivity contribution in [2.75, 3.05) is 43.5 Å². The van der Waals surface area contributed by atoms with Crippen molar-refractivity contribution < 1.29 is 13.2 Å². The second-order valence-electron chi connectivity index (χ2n) is 8.69. The second kappa shape index (κ2) is 9.99. The predicted octanol–water partition coefficient (Wildman–Crippen LogP) is 4.17. The fourth-order valence-electron chi connectivity index (χ4n) is 3.76. The van der Waals surface area contributed by atoms with Gasteiger partial charge >= 0.3 is 0 Å². The normalized spacial score (nSPS) is 14.9. The van der Waals surface area contributed by atoms with Gasteiger partial charge in [-0.3, -0.25) is 0 Å². The van der Waals surface area contributed by atoms with Crippen molar-refractivity contribution in [1.29, 1.82) is 0 Å². The molecule has 2 aromatic carbocycles. The Morgan fingerprint density at radius 3 is 2.18 bits per heavy atom. The van der Waals surface area contributed by atoms with Gasteiger partial charge in [-0.05, 0) is 49.2 Å². The summed E-state index contributed by atoms with van der Waals surface area (Å²) in [4.78, 5) is 11.8. The number of benzene rings is 2. The molecule has 1 fully saturated rings. The Morgan fingerprint density at radius 1 is 0.941 bits per heavy atom. The third kappa shape index (κ3) is 5.31. The molecule has 4 rings (SSSR count). The largest absolute Gasteiger partial charge is 0.497 e. The molecule has 0 saturated carbocycles. The van der Waals surface area contributed by atoms with E-state index >= 15 is 0 Å². The smallest absolute Gasteiger partial charge is 0.243 e. The number of nitrogens with zero attached hydrogens (tertiary/aromatic N) is 4. The van der Waals surface area contributed by atoms with Crippen LogP contribution >= 0.6 is 0 Å². The molecule has 0 radical (unpaired) electrons. The number of aromatic nitrogens is 2. The summed E-state index contributed by atoms with van der Waals surface area (Å²) in [6.45, 7) is 8.01. The minimum absolute atomic E-state index is 0.233. The molecule has 3 aromatic rings. The van der Waals surface area contributed by atoms with Gasteiger partial charge in [0.1, 0.15) is 11.6 Å². The molecule has 9 heteroatoms. The van der Waals surface area contributed by atoms with Crippen LogP contribution in [-0.2, 0) is 10.0 Å². The molecule has 0 spiro atoms. The molecule has 8 nitrogen and oxygen atoms in total. The van der Waals surface area contributed by atoms with Crippen LogP contribution in [0.1, 0.15) is 31.0 Å². The van der Waals surface area contributed by atoms with Crippen LogP contribution in [0.15, 0.2) is 59.5 Å². The fourth-order valence-corrected chi connectivity index (χ4v) is 5.19. The van der Waals surface area contributed by atoms with Crippen LogP contribution in [0.4, 0.5) is 17.5 Å². The molecule has 1 aliphatic heterocycles. The molecular weight excluding hydrogens is 450 g/mol. The van der Waals surface area contributed by atoms with E-state index in [1.54, 1.807) is 31.4 Å². The van der Waals surface area contributed by atoms with Crippen molar-refractivity contribution >= 4 is 27.5 Å². The summed E-state index contributed by atoms with van der Waals surface area (Å²) in [6, 6.07) is 16.6. The van der Waals surface area contributed by atoms with Crippen LogP contribution in [0.3, 0.4) is 0 Å². The number of rotatable bonds is 7. The molecule has 2 heterocycles. The Bertz CT molecular complexity index is 1220. The first kappa shape index (κ1) is 24.0. The monoisotopic (exact) mass is 481 g/mol. The van der Waals surface area contributed by atoms with Crippen LogP contribution in [0.5, 0.6) is 5.75 Å². The standard InChI is InChI=1S/C25H31N5O3S/c1-18(2)23-17-24(26-20-7-5-19(3)6-8-20)28-25(27-23)29-13-15-30(16-14-29)34(31,32)22-11-9-21(33-4)10-12-22/h5-12,17-18H,13-16H2,1-4H3,(H,26,27,28). The summed E-state index contributed by atoms with van der Waals surface area (Å²) in [5.74, 6) is 2.20. The molecule has 1 aromatic heterocycles. The molecule has 180 valence electrons. The summed E-state index contributed by atoms with van der Waals surface area (Å²) in [7, 11) is -2.01. The Labute approximate surface area is 201 Å². The van der Waals surface area contributed by atoms with Crippen LogP contribution in [-0.4, -0.2) is 56.0 Å². The summed E-state index contributed by atoms with van der Waals surface area (Å²) in [5, 5.41) is 3.38. The highest BCUT2D eigenvalue weighted by Gasteiger charge is 2.29. The molecule has 34 heavy (non-hydrogen) atoms. The van der Waals surface area contributed by atoms with E-state index in [1.165, 1.54) is 9.87 Å². The predicted molar refractivity (Wildman–Crippen MR) is 135 cm³/mol. The van der Waals surface area contributed by atoms with Crippen molar-refractivity contribution in [2.24, 2.45) is 0 Å². The number of aryl methyl sites for hydroxylation is 1. The van der Waals surface area contributed by atoms with E-state index in [0.717, 1.165) is 17.2 Å². The molecule has 1 aliphatic rings. The van der Waals surface area contributed by atoms with Gasteiger partial charge in [0.25, 0.3) is 0 Å². The van der Waals surface area contributed by atoms with Crippen molar-refractivity contribution in [3.63, 3.8) is 0 Å². The second-order valence-corrected chi connectivity index (χ2v) is 10.6. The van der Waals surface area contributed by atoms with Crippen molar-refractivity contribution in [3.8, 4) is 5.75 Å². The highest BCUT2D eigenvalue weighted by Crippen LogP contribution is 2.25. The zero-order chi connectivity index (χ0) is 24.3. The van der Waals surface area contributed by atoms with Crippen molar-refractivity contribution in [3.05, 3.63) is 65.9 Å². The molecule has 0 unspecified atom stereocenters. The van der Waals surface area contributed by atoms with Gasteiger partial charge in [-0.2, -0.15) is 9.29 Å². The number of nitrogens with one attached hydrogen (secondary N) is 1. The summed E-state index contributed by atoms with van der Waals surface area (Å²) in [6.07, 6.45) is 0. The molecular formula is C25H31N5O3S. The Balaban J connectivity index is 1.50. The van der Waals surface area contributed by atoms with E-state index in [-0.39, 0.29) is 10.8 Å². The van der Waals surface area contributed by atoms with Crippen LogP contribution in [0, 0.1) is 6.92 Å². The third-order valence-corrected chi connectivity index (χ3v) is 7.78. The average Bonchev–Trinajstić information content (AvgIpc) is 2.85. The van der Waals surface area contributed by atoms with Gasteiger partial charge in [0.15, 0.2) is 0 Å². The van der Waals surface area contributed by atoms with Gasteiger partial charge in [0, 0.05) is 37.9 Å². The quantitative estimate of drug-likeness (QED) is 0.542. The molecule has 1 saturated heterocycles. The average molecular weight is 482 g/mol. The highest BCUT2D eigenvalue weighted by molar-refractivity contribution is 7.89. The van der Waals surface area contributed by atoms with Gasteiger partial charge in [-0.15, -0.1) is 0 Å². The van der Waals surface area contributed by atoms with E-state index in [9.17, 15) is 8.42 Å². The van der Waals surface area contributed by atoms with Gasteiger partial charge in [-0.25, -0.2) is 13.4 Å². The first-order valence-corrected chi connectivity index (χ1v) is 12.8. The number of sulfonamides is 1. The minimum atomic E-state index is -3.57. The molecule has 0 aliphatic carbocycles. The number of hydrogen-bond donors (Lipinski definition) is 1. The lowest BCUT2D eigenvalue weighted by Gasteiger charge is -2.34. The Kier molecular flexibility index (Phi) is 7.04. The maximum absolute atomic E-state index is 13.1. The topological polar surface area (TPSA) is 87.7 Å². The molecule has 0 amide bonds. The number of methoxy groups -OCH3 is 1. The molecule has 1 N–H and O–H groups in total. The Hall–Kier alpha value is -3.17. The lowest BCUT2D eigenvalue weighted by atomic mass is 10.1. The summed E-state index contributed by atoms with van der Waals surface area (Å²) in [5.41, 5.74) is 3.09. The van der Waals surface area contributed by atoms with E-state index in [4.69, 9.17) is 14.7 Å². The highest BCUT2D eigenvalue weighted by atomic mass is 32.2. The lowest BCUT2D eigenvalue weighted by molar-refractivity contribution is 0.382. The van der Waals surface area contributed by atoms with E-state index < -0.39 is 10.0 Å². The van der Waals surface area contributed by atoms with Gasteiger partial charge < -0.3 is 15.0 Å². The van der Waals surface area contributed by atoms with E-state index in [0.29, 0.717) is 37.9 Å².